The molecule has 0 saturated carbocycles. The quantitative estimate of drug-likeness (QED) is 0.320. The van der Waals surface area contributed by atoms with Gasteiger partial charge in [0.25, 0.3) is 0 Å². The first-order valence-corrected chi connectivity index (χ1v) is 11.6. The van der Waals surface area contributed by atoms with Gasteiger partial charge in [-0.05, 0) is 52.5 Å². The van der Waals surface area contributed by atoms with Crippen molar-refractivity contribution in [2.75, 3.05) is 20.0 Å². The lowest BCUT2D eigenvalue weighted by atomic mass is 10.2. The standard InChI is InChI=1S/C19H22O3S3/c1-21-18-8-4-16(5-9-18)14-24-23-12-3-13-25(20)15-17-6-10-19(22-2)11-7-17/h3-12H,13-15H2,1-2H3/b12-3+. The maximum Gasteiger partial charge on any atom is 0.131 e. The van der Waals surface area contributed by atoms with Crippen molar-refractivity contribution in [3.05, 3.63) is 71.1 Å². The molecule has 2 aromatic carbocycles. The van der Waals surface area contributed by atoms with Crippen LogP contribution in [0.2, 0.25) is 0 Å². The third kappa shape index (κ3) is 7.69. The van der Waals surface area contributed by atoms with Gasteiger partial charge in [0.2, 0.25) is 0 Å². The van der Waals surface area contributed by atoms with Crippen LogP contribution in [0, 0.1) is 0 Å². The van der Waals surface area contributed by atoms with E-state index in [1.54, 1.807) is 35.8 Å². The van der Waals surface area contributed by atoms with E-state index in [0.717, 1.165) is 22.8 Å². The lowest BCUT2D eigenvalue weighted by Crippen LogP contribution is -2.07. The molecule has 0 saturated heterocycles. The van der Waals surface area contributed by atoms with Crippen molar-refractivity contribution in [1.82, 2.24) is 0 Å². The van der Waals surface area contributed by atoms with E-state index in [1.165, 1.54) is 5.56 Å². The monoisotopic (exact) mass is 394 g/mol. The Morgan fingerprint density at radius 1 is 0.920 bits per heavy atom. The van der Waals surface area contributed by atoms with Crippen LogP contribution >= 0.6 is 21.6 Å². The molecule has 0 aromatic heterocycles. The van der Waals surface area contributed by atoms with Crippen molar-refractivity contribution in [2.24, 2.45) is 0 Å². The minimum absolute atomic E-state index is 0.567. The molecule has 0 spiro atoms. The fourth-order valence-electron chi connectivity index (χ4n) is 2.02. The Labute approximate surface area is 160 Å². The van der Waals surface area contributed by atoms with E-state index >= 15 is 0 Å². The highest BCUT2D eigenvalue weighted by Gasteiger charge is 2.05. The van der Waals surface area contributed by atoms with Crippen molar-refractivity contribution in [2.45, 2.75) is 11.5 Å². The molecule has 1 unspecified atom stereocenters. The molecule has 0 N–H and O–H groups in total. The summed E-state index contributed by atoms with van der Waals surface area (Å²) in [5.74, 6) is 3.76. The van der Waals surface area contributed by atoms with Gasteiger partial charge in [0.05, 0.1) is 14.2 Å². The molecule has 0 radical (unpaired) electrons. The average molecular weight is 395 g/mol. The normalized spacial score (nSPS) is 12.3. The number of benzene rings is 2. The minimum atomic E-state index is -0.889. The summed E-state index contributed by atoms with van der Waals surface area (Å²) in [5, 5.41) is 2.01. The summed E-state index contributed by atoms with van der Waals surface area (Å²) in [6.45, 7) is 0. The topological polar surface area (TPSA) is 41.5 Å². The summed E-state index contributed by atoms with van der Waals surface area (Å²) in [5.41, 5.74) is 2.32. The highest BCUT2D eigenvalue weighted by molar-refractivity contribution is 8.77. The van der Waals surface area contributed by atoms with Crippen LogP contribution in [0.5, 0.6) is 11.5 Å². The van der Waals surface area contributed by atoms with E-state index in [-0.39, 0.29) is 0 Å². The summed E-state index contributed by atoms with van der Waals surface area (Å²) in [6, 6.07) is 15.8. The Hall–Kier alpha value is -1.21. The molecule has 0 aliphatic carbocycles. The number of hydrogen-bond donors (Lipinski definition) is 0. The first-order chi connectivity index (χ1) is 12.2. The smallest absolute Gasteiger partial charge is 0.131 e. The summed E-state index contributed by atoms with van der Waals surface area (Å²) in [6.07, 6.45) is 1.98. The highest BCUT2D eigenvalue weighted by Crippen LogP contribution is 2.27. The van der Waals surface area contributed by atoms with Gasteiger partial charge in [-0.15, -0.1) is 0 Å². The molecule has 0 aliphatic heterocycles. The number of rotatable bonds is 10. The number of hydrogen-bond acceptors (Lipinski definition) is 5. The van der Waals surface area contributed by atoms with Gasteiger partial charge in [0.15, 0.2) is 0 Å². The fraction of sp³-hybridized carbons (Fsp3) is 0.263. The second-order valence-electron chi connectivity index (χ2n) is 5.18. The van der Waals surface area contributed by atoms with Gasteiger partial charge in [-0.2, -0.15) is 0 Å². The van der Waals surface area contributed by atoms with Crippen LogP contribution < -0.4 is 9.47 Å². The molecule has 0 amide bonds. The van der Waals surface area contributed by atoms with Gasteiger partial charge >= 0.3 is 0 Å². The van der Waals surface area contributed by atoms with Gasteiger partial charge in [0.1, 0.15) is 23.0 Å². The highest BCUT2D eigenvalue weighted by atomic mass is 33.1. The molecule has 6 heteroatoms. The van der Waals surface area contributed by atoms with Gasteiger partial charge in [0, 0.05) is 11.3 Å². The largest absolute Gasteiger partial charge is 0.616 e. The Morgan fingerprint density at radius 3 is 2.04 bits per heavy atom. The second kappa shape index (κ2) is 11.4. The molecule has 0 aliphatic rings. The van der Waals surface area contributed by atoms with Gasteiger partial charge in [-0.3, -0.25) is 0 Å². The van der Waals surface area contributed by atoms with Gasteiger partial charge in [-0.1, -0.05) is 45.9 Å². The summed E-state index contributed by atoms with van der Waals surface area (Å²) in [4.78, 5) is 0. The first kappa shape index (κ1) is 20.1. The molecular weight excluding hydrogens is 372 g/mol. The third-order valence-corrected chi connectivity index (χ3v) is 6.58. The van der Waals surface area contributed by atoms with Crippen LogP contribution in [0.25, 0.3) is 0 Å². The van der Waals surface area contributed by atoms with Crippen LogP contribution in [-0.4, -0.2) is 24.5 Å². The zero-order chi connectivity index (χ0) is 17.9. The zero-order valence-electron chi connectivity index (χ0n) is 14.3. The second-order valence-corrected chi connectivity index (χ2v) is 8.95. The first-order valence-electron chi connectivity index (χ1n) is 7.75. The van der Waals surface area contributed by atoms with Crippen molar-refractivity contribution in [1.29, 1.82) is 0 Å². The van der Waals surface area contributed by atoms with E-state index < -0.39 is 11.2 Å². The summed E-state index contributed by atoms with van der Waals surface area (Å²) >= 11 is -0.889. The van der Waals surface area contributed by atoms with Gasteiger partial charge < -0.3 is 14.0 Å². The molecule has 25 heavy (non-hydrogen) atoms. The van der Waals surface area contributed by atoms with Crippen molar-refractivity contribution in [3.8, 4) is 11.5 Å². The number of methoxy groups -OCH3 is 2. The maximum absolute atomic E-state index is 12.1. The van der Waals surface area contributed by atoms with Crippen LogP contribution in [0.3, 0.4) is 0 Å². The van der Waals surface area contributed by atoms with Crippen LogP contribution in [-0.2, 0) is 22.7 Å². The van der Waals surface area contributed by atoms with E-state index in [4.69, 9.17) is 9.47 Å². The van der Waals surface area contributed by atoms with E-state index in [0.29, 0.717) is 11.5 Å². The van der Waals surface area contributed by atoms with Crippen LogP contribution in [0.15, 0.2) is 60.0 Å². The molecule has 0 bridgehead atoms. The Kier molecular flexibility index (Phi) is 9.18. The van der Waals surface area contributed by atoms with Crippen molar-refractivity contribution >= 4 is 32.8 Å². The fourth-order valence-corrected chi connectivity index (χ4v) is 4.86. The summed E-state index contributed by atoms with van der Waals surface area (Å²) < 4.78 is 22.3. The predicted molar refractivity (Wildman–Crippen MR) is 111 cm³/mol. The molecule has 3 nitrogen and oxygen atoms in total. The van der Waals surface area contributed by atoms with E-state index in [9.17, 15) is 4.55 Å². The molecule has 2 aromatic rings. The lowest BCUT2D eigenvalue weighted by molar-refractivity contribution is 0.414. The number of ether oxygens (including phenoxy) is 2. The van der Waals surface area contributed by atoms with Crippen molar-refractivity contribution in [3.63, 3.8) is 0 Å². The minimum Gasteiger partial charge on any atom is -0.616 e. The third-order valence-electron chi connectivity index (χ3n) is 3.37. The Morgan fingerprint density at radius 2 is 1.48 bits per heavy atom. The lowest BCUT2D eigenvalue weighted by Gasteiger charge is -2.09. The predicted octanol–water partition coefficient (Wildman–Crippen LogP) is 5.05. The molecule has 0 fully saturated rings. The van der Waals surface area contributed by atoms with Gasteiger partial charge in [-0.25, -0.2) is 0 Å². The van der Waals surface area contributed by atoms with E-state index in [2.05, 4.69) is 12.1 Å². The van der Waals surface area contributed by atoms with Crippen LogP contribution in [0.1, 0.15) is 11.1 Å². The average Bonchev–Trinajstić information content (AvgIpc) is 2.65. The molecule has 1 atom stereocenters. The van der Waals surface area contributed by atoms with Crippen molar-refractivity contribution < 1.29 is 14.0 Å². The van der Waals surface area contributed by atoms with Crippen LogP contribution in [0.4, 0.5) is 0 Å². The Bertz CT molecular complexity index is 642. The SMILES string of the molecule is COc1ccc(CSS/C=C/C[S+]([O-])Cc2ccc(OC)cc2)cc1. The molecule has 2 rings (SSSR count). The molecule has 0 heterocycles. The molecular formula is C19H22O3S3. The molecule has 134 valence electrons. The summed E-state index contributed by atoms with van der Waals surface area (Å²) in [7, 11) is 6.73. The Balaban J connectivity index is 1.62. The maximum atomic E-state index is 12.1. The zero-order valence-corrected chi connectivity index (χ0v) is 16.8. The van der Waals surface area contributed by atoms with E-state index in [1.807, 2.05) is 47.9 Å².